The third-order valence-electron chi connectivity index (χ3n) is 4.31. The molecule has 2 unspecified atom stereocenters. The van der Waals surface area contributed by atoms with Crippen LogP contribution in [0, 0.1) is 5.92 Å². The summed E-state index contributed by atoms with van der Waals surface area (Å²) in [5.74, 6) is 2.12. The Morgan fingerprint density at radius 2 is 2.12 bits per heavy atom. The standard InChI is InChI=1S/C13H28N2S/c1-11(9-16-4)15(3)13(2,10-14)8-12-6-5-7-12/h11-12H,5-10,14H2,1-4H3. The van der Waals surface area contributed by atoms with Gasteiger partial charge in [0.05, 0.1) is 0 Å². The molecule has 0 aromatic heterocycles. The normalized spacial score (nSPS) is 22.9. The molecule has 0 aromatic carbocycles. The van der Waals surface area contributed by atoms with Crippen molar-refractivity contribution in [2.45, 2.75) is 51.1 Å². The first-order valence-corrected chi connectivity index (χ1v) is 7.85. The first-order valence-electron chi connectivity index (χ1n) is 6.45. The molecule has 2 nitrogen and oxygen atoms in total. The molecule has 2 atom stereocenters. The summed E-state index contributed by atoms with van der Waals surface area (Å²) in [4.78, 5) is 2.50. The molecule has 0 aromatic rings. The number of thioether (sulfide) groups is 1. The molecule has 1 rings (SSSR count). The first kappa shape index (κ1) is 14.3. The number of likely N-dealkylation sites (N-methyl/N-ethyl adjacent to an activating group) is 1. The topological polar surface area (TPSA) is 29.3 Å². The molecule has 16 heavy (non-hydrogen) atoms. The molecular formula is C13H28N2S. The molecular weight excluding hydrogens is 216 g/mol. The molecule has 1 aliphatic carbocycles. The smallest absolute Gasteiger partial charge is 0.0306 e. The summed E-state index contributed by atoms with van der Waals surface area (Å²) in [7, 11) is 2.24. The highest BCUT2D eigenvalue weighted by atomic mass is 32.2. The predicted octanol–water partition coefficient (Wildman–Crippen LogP) is 2.58. The second kappa shape index (κ2) is 6.27. The summed E-state index contributed by atoms with van der Waals surface area (Å²) in [6, 6.07) is 0.614. The fourth-order valence-electron chi connectivity index (χ4n) is 2.58. The van der Waals surface area contributed by atoms with E-state index in [1.54, 1.807) is 0 Å². The lowest BCUT2D eigenvalue weighted by Gasteiger charge is -2.45. The Morgan fingerprint density at radius 1 is 1.50 bits per heavy atom. The predicted molar refractivity (Wildman–Crippen MR) is 75.0 cm³/mol. The highest BCUT2D eigenvalue weighted by molar-refractivity contribution is 7.98. The minimum Gasteiger partial charge on any atom is -0.329 e. The van der Waals surface area contributed by atoms with Crippen molar-refractivity contribution in [3.8, 4) is 0 Å². The van der Waals surface area contributed by atoms with Gasteiger partial charge in [0.15, 0.2) is 0 Å². The summed E-state index contributed by atoms with van der Waals surface area (Å²) in [6.45, 7) is 5.42. The fourth-order valence-corrected chi connectivity index (χ4v) is 3.28. The number of nitrogens with zero attached hydrogens (tertiary/aromatic N) is 1. The summed E-state index contributed by atoms with van der Waals surface area (Å²) < 4.78 is 0. The molecule has 0 amide bonds. The van der Waals surface area contributed by atoms with Crippen molar-refractivity contribution in [3.63, 3.8) is 0 Å². The van der Waals surface area contributed by atoms with Gasteiger partial charge in [0.1, 0.15) is 0 Å². The Morgan fingerprint density at radius 3 is 2.50 bits per heavy atom. The van der Waals surface area contributed by atoms with Crippen LogP contribution in [-0.4, -0.2) is 42.1 Å². The van der Waals surface area contributed by atoms with Gasteiger partial charge in [-0.15, -0.1) is 0 Å². The third-order valence-corrected chi connectivity index (χ3v) is 5.13. The maximum atomic E-state index is 6.02. The van der Waals surface area contributed by atoms with E-state index in [-0.39, 0.29) is 5.54 Å². The number of hydrogen-bond donors (Lipinski definition) is 1. The molecule has 2 N–H and O–H groups in total. The van der Waals surface area contributed by atoms with Crippen LogP contribution in [0.3, 0.4) is 0 Å². The van der Waals surface area contributed by atoms with Gasteiger partial charge in [-0.1, -0.05) is 19.3 Å². The second-order valence-electron chi connectivity index (χ2n) is 5.62. The Balaban J connectivity index is 2.54. The molecule has 1 fully saturated rings. The van der Waals surface area contributed by atoms with Gasteiger partial charge in [0, 0.05) is 23.9 Å². The van der Waals surface area contributed by atoms with E-state index < -0.39 is 0 Å². The third kappa shape index (κ3) is 3.38. The van der Waals surface area contributed by atoms with Gasteiger partial charge in [-0.05, 0) is 39.5 Å². The fraction of sp³-hybridized carbons (Fsp3) is 1.00. The van der Waals surface area contributed by atoms with Gasteiger partial charge < -0.3 is 5.73 Å². The minimum absolute atomic E-state index is 0.195. The van der Waals surface area contributed by atoms with Crippen molar-refractivity contribution >= 4 is 11.8 Å². The van der Waals surface area contributed by atoms with Crippen molar-refractivity contribution in [2.24, 2.45) is 11.7 Å². The highest BCUT2D eigenvalue weighted by Crippen LogP contribution is 2.36. The summed E-state index contributed by atoms with van der Waals surface area (Å²) in [5.41, 5.74) is 6.22. The zero-order valence-corrected chi connectivity index (χ0v) is 12.1. The lowest BCUT2D eigenvalue weighted by atomic mass is 9.76. The molecule has 0 aliphatic heterocycles. The zero-order chi connectivity index (χ0) is 12.2. The monoisotopic (exact) mass is 244 g/mol. The van der Waals surface area contributed by atoms with Crippen LogP contribution in [0.1, 0.15) is 39.5 Å². The van der Waals surface area contributed by atoms with E-state index in [0.717, 1.165) is 12.5 Å². The van der Waals surface area contributed by atoms with Gasteiger partial charge in [-0.2, -0.15) is 11.8 Å². The molecule has 96 valence electrons. The van der Waals surface area contributed by atoms with Crippen molar-refractivity contribution < 1.29 is 0 Å². The minimum atomic E-state index is 0.195. The number of rotatable bonds is 7. The maximum Gasteiger partial charge on any atom is 0.0306 e. The molecule has 0 spiro atoms. The molecule has 1 aliphatic rings. The van der Waals surface area contributed by atoms with Crippen LogP contribution >= 0.6 is 11.8 Å². The van der Waals surface area contributed by atoms with Crippen LogP contribution in [-0.2, 0) is 0 Å². The lowest BCUT2D eigenvalue weighted by molar-refractivity contribution is 0.0684. The van der Waals surface area contributed by atoms with Crippen molar-refractivity contribution in [3.05, 3.63) is 0 Å². The lowest BCUT2D eigenvalue weighted by Crippen LogP contribution is -2.55. The number of hydrogen-bond acceptors (Lipinski definition) is 3. The zero-order valence-electron chi connectivity index (χ0n) is 11.3. The Hall–Kier alpha value is 0.270. The Kier molecular flexibility index (Phi) is 5.62. The van der Waals surface area contributed by atoms with Crippen LogP contribution in [0.4, 0.5) is 0 Å². The van der Waals surface area contributed by atoms with Gasteiger partial charge in [-0.3, -0.25) is 4.90 Å². The number of nitrogens with two attached hydrogens (primary N) is 1. The first-order chi connectivity index (χ1) is 7.53. The van der Waals surface area contributed by atoms with Crippen molar-refractivity contribution in [1.82, 2.24) is 4.90 Å². The van der Waals surface area contributed by atoms with Crippen LogP contribution in [0.5, 0.6) is 0 Å². The van der Waals surface area contributed by atoms with Gasteiger partial charge in [0.2, 0.25) is 0 Å². The summed E-state index contributed by atoms with van der Waals surface area (Å²) >= 11 is 1.92. The summed E-state index contributed by atoms with van der Waals surface area (Å²) in [5, 5.41) is 0. The van der Waals surface area contributed by atoms with Crippen LogP contribution < -0.4 is 5.73 Å². The highest BCUT2D eigenvalue weighted by Gasteiger charge is 2.34. The molecule has 0 saturated heterocycles. The van der Waals surface area contributed by atoms with Crippen LogP contribution in [0.2, 0.25) is 0 Å². The molecule has 1 saturated carbocycles. The van der Waals surface area contributed by atoms with Crippen molar-refractivity contribution in [2.75, 3.05) is 25.6 Å². The van der Waals surface area contributed by atoms with Crippen molar-refractivity contribution in [1.29, 1.82) is 0 Å². The van der Waals surface area contributed by atoms with E-state index in [4.69, 9.17) is 5.73 Å². The maximum absolute atomic E-state index is 6.02. The average Bonchev–Trinajstić information content (AvgIpc) is 2.22. The molecule has 0 heterocycles. The van der Waals surface area contributed by atoms with Crippen LogP contribution in [0.15, 0.2) is 0 Å². The van der Waals surface area contributed by atoms with E-state index in [0.29, 0.717) is 6.04 Å². The Labute approximate surface area is 105 Å². The van der Waals surface area contributed by atoms with Gasteiger partial charge >= 0.3 is 0 Å². The molecule has 0 radical (unpaired) electrons. The summed E-state index contributed by atoms with van der Waals surface area (Å²) in [6.07, 6.45) is 7.71. The second-order valence-corrected chi connectivity index (χ2v) is 6.53. The largest absolute Gasteiger partial charge is 0.329 e. The molecule has 0 bridgehead atoms. The van der Waals surface area contributed by atoms with E-state index >= 15 is 0 Å². The van der Waals surface area contributed by atoms with E-state index in [1.165, 1.54) is 31.4 Å². The van der Waals surface area contributed by atoms with E-state index in [1.807, 2.05) is 11.8 Å². The SMILES string of the molecule is CSCC(C)N(C)C(C)(CN)CC1CCC1. The molecule has 3 heteroatoms. The van der Waals surface area contributed by atoms with Gasteiger partial charge in [0.25, 0.3) is 0 Å². The van der Waals surface area contributed by atoms with E-state index in [2.05, 4.69) is 32.1 Å². The Bertz CT molecular complexity index is 206. The van der Waals surface area contributed by atoms with E-state index in [9.17, 15) is 0 Å². The van der Waals surface area contributed by atoms with Gasteiger partial charge in [-0.25, -0.2) is 0 Å². The average molecular weight is 244 g/mol. The van der Waals surface area contributed by atoms with Crippen LogP contribution in [0.25, 0.3) is 0 Å². The quantitative estimate of drug-likeness (QED) is 0.746.